The number of nitrogens with one attached hydrogen (secondary N) is 2. The van der Waals surface area contributed by atoms with Crippen LogP contribution < -0.4 is 10.6 Å². The molecule has 5 rings (SSSR count). The molecule has 0 bridgehead atoms. The SMILES string of the molecule is CNC(=O)c1cc2sc3nc(-c4ccc(C5CNCCO5)cc4F)cn3c2cn1. The van der Waals surface area contributed by atoms with Crippen LogP contribution in [0.15, 0.2) is 36.7 Å². The lowest BCUT2D eigenvalue weighted by atomic mass is 10.0. The van der Waals surface area contributed by atoms with Gasteiger partial charge in [0.25, 0.3) is 5.91 Å². The zero-order valence-corrected chi connectivity index (χ0v) is 16.4. The van der Waals surface area contributed by atoms with E-state index in [1.54, 1.807) is 31.6 Å². The first-order chi connectivity index (χ1) is 14.1. The second-order valence-electron chi connectivity index (χ2n) is 6.80. The van der Waals surface area contributed by atoms with Crippen molar-refractivity contribution in [1.82, 2.24) is 25.0 Å². The number of thiazole rings is 1. The number of fused-ring (bicyclic) bond motifs is 3. The van der Waals surface area contributed by atoms with Gasteiger partial charge in [0, 0.05) is 31.9 Å². The molecule has 0 aliphatic carbocycles. The lowest BCUT2D eigenvalue weighted by Crippen LogP contribution is -2.33. The largest absolute Gasteiger partial charge is 0.371 e. The van der Waals surface area contributed by atoms with Gasteiger partial charge in [-0.1, -0.05) is 17.4 Å². The van der Waals surface area contributed by atoms with E-state index in [0.717, 1.165) is 22.3 Å². The number of amides is 1. The number of benzene rings is 1. The van der Waals surface area contributed by atoms with Crippen LogP contribution in [-0.4, -0.2) is 47.0 Å². The molecule has 1 aliphatic heterocycles. The maximum absolute atomic E-state index is 14.8. The molecule has 2 N–H and O–H groups in total. The van der Waals surface area contributed by atoms with Gasteiger partial charge in [-0.05, 0) is 23.8 Å². The quantitative estimate of drug-likeness (QED) is 0.542. The standard InChI is InChI=1S/C20H18FN5O2S/c1-22-19(27)14-7-18-16(8-24-14)26-10-15(25-20(26)29-18)12-3-2-11(6-13(12)21)17-9-23-4-5-28-17/h2-3,6-8,10,17,23H,4-5,9H2,1H3,(H,22,27). The van der Waals surface area contributed by atoms with Crippen molar-refractivity contribution in [2.75, 3.05) is 26.7 Å². The highest BCUT2D eigenvalue weighted by molar-refractivity contribution is 7.23. The fourth-order valence-corrected chi connectivity index (χ4v) is 4.52. The molecule has 7 nitrogen and oxygen atoms in total. The first-order valence-electron chi connectivity index (χ1n) is 9.26. The van der Waals surface area contributed by atoms with Gasteiger partial charge < -0.3 is 15.4 Å². The summed E-state index contributed by atoms with van der Waals surface area (Å²) in [5.41, 5.74) is 2.99. The minimum Gasteiger partial charge on any atom is -0.371 e. The molecule has 1 amide bonds. The number of nitrogens with zero attached hydrogens (tertiary/aromatic N) is 3. The molecule has 29 heavy (non-hydrogen) atoms. The Morgan fingerprint density at radius 1 is 1.41 bits per heavy atom. The Kier molecular flexibility index (Phi) is 4.50. The second-order valence-corrected chi connectivity index (χ2v) is 7.81. The summed E-state index contributed by atoms with van der Waals surface area (Å²) in [6.07, 6.45) is 3.30. The Balaban J connectivity index is 1.51. The van der Waals surface area contributed by atoms with Crippen molar-refractivity contribution in [2.24, 2.45) is 0 Å². The maximum atomic E-state index is 14.8. The van der Waals surface area contributed by atoms with Crippen molar-refractivity contribution in [3.05, 3.63) is 53.7 Å². The van der Waals surface area contributed by atoms with Crippen molar-refractivity contribution >= 4 is 32.4 Å². The zero-order chi connectivity index (χ0) is 20.0. The number of imidazole rings is 1. The summed E-state index contributed by atoms with van der Waals surface area (Å²) in [5.74, 6) is -0.565. The molecule has 148 valence electrons. The molecule has 1 saturated heterocycles. The molecule has 4 heterocycles. The highest BCUT2D eigenvalue weighted by Gasteiger charge is 2.19. The Hall–Kier alpha value is -2.88. The van der Waals surface area contributed by atoms with E-state index in [-0.39, 0.29) is 17.8 Å². The zero-order valence-electron chi connectivity index (χ0n) is 15.6. The van der Waals surface area contributed by atoms with E-state index in [2.05, 4.69) is 20.6 Å². The Morgan fingerprint density at radius 3 is 3.07 bits per heavy atom. The van der Waals surface area contributed by atoms with Crippen molar-refractivity contribution < 1.29 is 13.9 Å². The monoisotopic (exact) mass is 411 g/mol. The summed E-state index contributed by atoms with van der Waals surface area (Å²) in [7, 11) is 1.57. The molecule has 0 saturated carbocycles. The second kappa shape index (κ2) is 7.18. The number of aromatic nitrogens is 3. The molecule has 9 heteroatoms. The van der Waals surface area contributed by atoms with Gasteiger partial charge in [0.05, 0.1) is 34.8 Å². The number of halogens is 1. The molecule has 0 radical (unpaired) electrons. The van der Waals surface area contributed by atoms with Gasteiger partial charge in [-0.15, -0.1) is 0 Å². The first kappa shape index (κ1) is 18.2. The van der Waals surface area contributed by atoms with E-state index in [4.69, 9.17) is 4.74 Å². The maximum Gasteiger partial charge on any atom is 0.269 e. The highest BCUT2D eigenvalue weighted by atomic mass is 32.1. The highest BCUT2D eigenvalue weighted by Crippen LogP contribution is 2.31. The van der Waals surface area contributed by atoms with Gasteiger partial charge in [-0.25, -0.2) is 14.4 Å². The van der Waals surface area contributed by atoms with Crippen LogP contribution in [0.25, 0.3) is 26.4 Å². The van der Waals surface area contributed by atoms with Gasteiger partial charge in [-0.3, -0.25) is 9.20 Å². The van der Waals surface area contributed by atoms with E-state index in [1.165, 1.54) is 17.4 Å². The smallest absolute Gasteiger partial charge is 0.269 e. The van der Waals surface area contributed by atoms with E-state index < -0.39 is 0 Å². The number of hydrogen-bond donors (Lipinski definition) is 2. The molecule has 1 unspecified atom stereocenters. The van der Waals surface area contributed by atoms with Crippen LogP contribution in [0.1, 0.15) is 22.2 Å². The van der Waals surface area contributed by atoms with Crippen molar-refractivity contribution in [1.29, 1.82) is 0 Å². The van der Waals surface area contributed by atoms with Crippen LogP contribution >= 0.6 is 11.3 Å². The molecule has 1 aromatic carbocycles. The minimum absolute atomic E-state index is 0.137. The number of rotatable bonds is 3. The van der Waals surface area contributed by atoms with Crippen LogP contribution in [0.2, 0.25) is 0 Å². The van der Waals surface area contributed by atoms with Crippen LogP contribution in [0, 0.1) is 5.82 Å². The third-order valence-electron chi connectivity index (χ3n) is 5.01. The molecule has 4 aromatic rings. The predicted octanol–water partition coefficient (Wildman–Crippen LogP) is 2.77. The van der Waals surface area contributed by atoms with Gasteiger partial charge in [0.2, 0.25) is 0 Å². The number of pyridine rings is 1. The lowest BCUT2D eigenvalue weighted by Gasteiger charge is -2.24. The summed E-state index contributed by atoms with van der Waals surface area (Å²) >= 11 is 1.43. The van der Waals surface area contributed by atoms with Crippen molar-refractivity contribution in [3.63, 3.8) is 0 Å². The van der Waals surface area contributed by atoms with Gasteiger partial charge in [0.15, 0.2) is 4.96 Å². The molecule has 3 aromatic heterocycles. The van der Waals surface area contributed by atoms with E-state index in [9.17, 15) is 9.18 Å². The third-order valence-corrected chi connectivity index (χ3v) is 6.03. The number of morpholine rings is 1. The van der Waals surface area contributed by atoms with Crippen LogP contribution in [0.3, 0.4) is 0 Å². The van der Waals surface area contributed by atoms with E-state index >= 15 is 0 Å². The molecule has 1 fully saturated rings. The summed E-state index contributed by atoms with van der Waals surface area (Å²) in [6, 6.07) is 6.90. The fourth-order valence-electron chi connectivity index (χ4n) is 3.50. The first-order valence-corrected chi connectivity index (χ1v) is 10.1. The molecular weight excluding hydrogens is 393 g/mol. The molecule has 1 atom stereocenters. The molecule has 0 spiro atoms. The fraction of sp³-hybridized carbons (Fsp3) is 0.250. The lowest BCUT2D eigenvalue weighted by molar-refractivity contribution is 0.0275. The number of hydrogen-bond acceptors (Lipinski definition) is 6. The third kappa shape index (κ3) is 3.17. The average Bonchev–Trinajstić information content (AvgIpc) is 3.31. The van der Waals surface area contributed by atoms with Crippen LogP contribution in [-0.2, 0) is 4.74 Å². The summed E-state index contributed by atoms with van der Waals surface area (Å²) in [6.45, 7) is 2.11. The van der Waals surface area contributed by atoms with Crippen LogP contribution in [0.5, 0.6) is 0 Å². The Labute approximate surface area is 169 Å². The Bertz CT molecular complexity index is 1230. The minimum atomic E-state index is -0.327. The number of ether oxygens (including phenoxy) is 1. The molecular formula is C20H18FN5O2S. The Morgan fingerprint density at radius 2 is 2.31 bits per heavy atom. The number of carbonyl (C=O) groups is 1. The number of carbonyl (C=O) groups excluding carboxylic acids is 1. The van der Waals surface area contributed by atoms with Gasteiger partial charge in [0.1, 0.15) is 11.5 Å². The van der Waals surface area contributed by atoms with Crippen molar-refractivity contribution in [2.45, 2.75) is 6.10 Å². The van der Waals surface area contributed by atoms with Crippen molar-refractivity contribution in [3.8, 4) is 11.3 Å². The van der Waals surface area contributed by atoms with E-state index in [0.29, 0.717) is 35.1 Å². The van der Waals surface area contributed by atoms with E-state index in [1.807, 2.05) is 10.5 Å². The summed E-state index contributed by atoms with van der Waals surface area (Å²) in [4.78, 5) is 21.3. The van der Waals surface area contributed by atoms with Gasteiger partial charge >= 0.3 is 0 Å². The summed E-state index contributed by atoms with van der Waals surface area (Å²) < 4.78 is 23.3. The predicted molar refractivity (Wildman–Crippen MR) is 109 cm³/mol. The molecule has 1 aliphatic rings. The topological polar surface area (TPSA) is 80.5 Å². The normalized spacial score (nSPS) is 17.1. The van der Waals surface area contributed by atoms with Gasteiger partial charge in [-0.2, -0.15) is 0 Å². The van der Waals surface area contributed by atoms with Crippen LogP contribution in [0.4, 0.5) is 4.39 Å². The average molecular weight is 411 g/mol. The summed E-state index contributed by atoms with van der Waals surface area (Å²) in [5, 5.41) is 5.82.